The first-order chi connectivity index (χ1) is 8.33. The van der Waals surface area contributed by atoms with Gasteiger partial charge < -0.3 is 10.3 Å². The van der Waals surface area contributed by atoms with Crippen LogP contribution in [-0.4, -0.2) is 18.6 Å². The molecule has 0 aliphatic rings. The van der Waals surface area contributed by atoms with Crippen LogP contribution in [0.1, 0.15) is 12.0 Å². The largest absolute Gasteiger partial charge is 0.360 e. The number of aromatic nitrogens is 1. The van der Waals surface area contributed by atoms with E-state index in [9.17, 15) is 4.79 Å². The van der Waals surface area contributed by atoms with E-state index in [2.05, 4.69) is 22.1 Å². The molecule has 1 aromatic carbocycles. The molecule has 0 atom stereocenters. The summed E-state index contributed by atoms with van der Waals surface area (Å²) in [5.41, 5.74) is 1.71. The van der Waals surface area contributed by atoms with Crippen LogP contribution in [0.5, 0.6) is 0 Å². The van der Waals surface area contributed by atoms with Gasteiger partial charge in [-0.25, -0.2) is 0 Å². The average molecular weight is 226 g/mol. The zero-order valence-electron chi connectivity index (χ0n) is 9.71. The molecule has 0 saturated heterocycles. The van der Waals surface area contributed by atoms with Crippen molar-refractivity contribution in [1.29, 1.82) is 0 Å². The number of hydrogen-bond acceptors (Lipinski definition) is 2. The normalized spacial score (nSPS) is 9.94. The van der Waals surface area contributed by atoms with Gasteiger partial charge in [-0.3, -0.25) is 4.79 Å². The van der Waals surface area contributed by atoms with Crippen LogP contribution >= 0.6 is 0 Å². The van der Waals surface area contributed by atoms with E-state index in [1.807, 2.05) is 25.2 Å². The SMILES string of the molecule is CNCCC#Cc1cccc2c(=O)cc[nH]c12. The number of H-pyrrole nitrogens is 1. The predicted octanol–water partition coefficient (Wildman–Crippen LogP) is 1.49. The highest BCUT2D eigenvalue weighted by molar-refractivity contribution is 5.84. The van der Waals surface area contributed by atoms with Gasteiger partial charge in [0.15, 0.2) is 5.43 Å². The van der Waals surface area contributed by atoms with Gasteiger partial charge in [0, 0.05) is 36.2 Å². The number of hydrogen-bond donors (Lipinski definition) is 2. The van der Waals surface area contributed by atoms with Crippen LogP contribution in [-0.2, 0) is 0 Å². The van der Waals surface area contributed by atoms with Crippen molar-refractivity contribution in [2.24, 2.45) is 0 Å². The maximum Gasteiger partial charge on any atom is 0.189 e. The van der Waals surface area contributed by atoms with Crippen LogP contribution in [0.15, 0.2) is 35.3 Å². The average Bonchev–Trinajstić information content (AvgIpc) is 2.36. The first-order valence-corrected chi connectivity index (χ1v) is 5.57. The highest BCUT2D eigenvalue weighted by Crippen LogP contribution is 2.11. The van der Waals surface area contributed by atoms with Crippen LogP contribution in [0.3, 0.4) is 0 Å². The van der Waals surface area contributed by atoms with Crippen LogP contribution < -0.4 is 10.7 Å². The minimum atomic E-state index is 0.0256. The summed E-state index contributed by atoms with van der Waals surface area (Å²) in [6.07, 6.45) is 2.45. The van der Waals surface area contributed by atoms with Gasteiger partial charge in [-0.1, -0.05) is 17.9 Å². The van der Waals surface area contributed by atoms with Gasteiger partial charge in [-0.05, 0) is 19.2 Å². The lowest BCUT2D eigenvalue weighted by molar-refractivity contribution is 0.818. The number of benzene rings is 1. The molecule has 0 aliphatic carbocycles. The van der Waals surface area contributed by atoms with E-state index in [1.165, 1.54) is 6.07 Å². The molecule has 3 heteroatoms. The van der Waals surface area contributed by atoms with Crippen molar-refractivity contribution >= 4 is 10.9 Å². The van der Waals surface area contributed by atoms with Crippen molar-refractivity contribution in [3.05, 3.63) is 46.2 Å². The van der Waals surface area contributed by atoms with Gasteiger partial charge in [0.1, 0.15) is 0 Å². The van der Waals surface area contributed by atoms with Crippen molar-refractivity contribution in [3.63, 3.8) is 0 Å². The van der Waals surface area contributed by atoms with Gasteiger partial charge in [0.05, 0.1) is 5.52 Å². The van der Waals surface area contributed by atoms with E-state index >= 15 is 0 Å². The van der Waals surface area contributed by atoms with Crippen molar-refractivity contribution in [3.8, 4) is 11.8 Å². The second-order valence-corrected chi connectivity index (χ2v) is 3.73. The molecule has 0 fully saturated rings. The quantitative estimate of drug-likeness (QED) is 0.602. The zero-order valence-corrected chi connectivity index (χ0v) is 9.71. The third-order valence-corrected chi connectivity index (χ3v) is 2.52. The molecule has 86 valence electrons. The predicted molar refractivity (Wildman–Crippen MR) is 70.0 cm³/mol. The summed E-state index contributed by atoms with van der Waals surface area (Å²) in [6, 6.07) is 7.12. The fourth-order valence-corrected chi connectivity index (χ4v) is 1.65. The van der Waals surface area contributed by atoms with Crippen molar-refractivity contribution < 1.29 is 0 Å². The Balaban J connectivity index is 2.44. The molecule has 0 aliphatic heterocycles. The number of aromatic amines is 1. The Kier molecular flexibility index (Phi) is 3.59. The van der Waals surface area contributed by atoms with Gasteiger partial charge in [0.2, 0.25) is 0 Å². The smallest absolute Gasteiger partial charge is 0.189 e. The van der Waals surface area contributed by atoms with Crippen LogP contribution in [0, 0.1) is 11.8 Å². The minimum Gasteiger partial charge on any atom is -0.360 e. The van der Waals surface area contributed by atoms with Gasteiger partial charge in [-0.2, -0.15) is 0 Å². The van der Waals surface area contributed by atoms with Gasteiger partial charge >= 0.3 is 0 Å². The third kappa shape index (κ3) is 2.55. The number of fused-ring (bicyclic) bond motifs is 1. The first kappa shape index (κ1) is 11.4. The maximum atomic E-state index is 11.6. The lowest BCUT2D eigenvalue weighted by Crippen LogP contribution is -2.06. The van der Waals surface area contributed by atoms with Crippen LogP contribution in [0.4, 0.5) is 0 Å². The number of rotatable bonds is 2. The molecule has 0 radical (unpaired) electrons. The Labute approximate surface area is 99.9 Å². The summed E-state index contributed by atoms with van der Waals surface area (Å²) < 4.78 is 0. The Hall–Kier alpha value is -2.05. The fraction of sp³-hybridized carbons (Fsp3) is 0.214. The second-order valence-electron chi connectivity index (χ2n) is 3.73. The minimum absolute atomic E-state index is 0.0256. The zero-order chi connectivity index (χ0) is 12.1. The topological polar surface area (TPSA) is 44.9 Å². The van der Waals surface area contributed by atoms with Crippen molar-refractivity contribution in [2.75, 3.05) is 13.6 Å². The molecule has 2 aromatic rings. The molecule has 2 rings (SSSR count). The summed E-state index contributed by atoms with van der Waals surface area (Å²) in [5, 5.41) is 3.73. The second kappa shape index (κ2) is 5.33. The molecule has 0 saturated carbocycles. The summed E-state index contributed by atoms with van der Waals surface area (Å²) in [4.78, 5) is 14.7. The lowest BCUT2D eigenvalue weighted by Gasteiger charge is -1.99. The standard InChI is InChI=1S/C14H14N2O/c1-15-9-3-2-5-11-6-4-7-12-13(17)8-10-16-14(11)12/h4,6-8,10,15H,3,9H2,1H3,(H,16,17). The van der Waals surface area contributed by atoms with Crippen molar-refractivity contribution in [1.82, 2.24) is 10.3 Å². The van der Waals surface area contributed by atoms with Crippen LogP contribution in [0.25, 0.3) is 10.9 Å². The van der Waals surface area contributed by atoms with E-state index in [4.69, 9.17) is 0 Å². The van der Waals surface area contributed by atoms with E-state index in [0.717, 1.165) is 24.0 Å². The maximum absolute atomic E-state index is 11.6. The molecule has 0 bridgehead atoms. The molecule has 0 amide bonds. The monoisotopic (exact) mass is 226 g/mol. The molecular formula is C14H14N2O. The summed E-state index contributed by atoms with van der Waals surface area (Å²) in [6.45, 7) is 0.869. The highest BCUT2D eigenvalue weighted by Gasteiger charge is 2.00. The molecule has 3 nitrogen and oxygen atoms in total. The Morgan fingerprint density at radius 1 is 1.35 bits per heavy atom. The first-order valence-electron chi connectivity index (χ1n) is 5.57. The van der Waals surface area contributed by atoms with E-state index in [1.54, 1.807) is 6.20 Å². The number of para-hydroxylation sites is 1. The van der Waals surface area contributed by atoms with E-state index in [-0.39, 0.29) is 5.43 Å². The fourth-order valence-electron chi connectivity index (χ4n) is 1.65. The van der Waals surface area contributed by atoms with E-state index in [0.29, 0.717) is 5.39 Å². The molecule has 0 spiro atoms. The molecular weight excluding hydrogens is 212 g/mol. The highest BCUT2D eigenvalue weighted by atomic mass is 16.1. The number of pyridine rings is 1. The van der Waals surface area contributed by atoms with Gasteiger partial charge in [-0.15, -0.1) is 0 Å². The molecule has 17 heavy (non-hydrogen) atoms. The third-order valence-electron chi connectivity index (χ3n) is 2.52. The van der Waals surface area contributed by atoms with E-state index < -0.39 is 0 Å². The van der Waals surface area contributed by atoms with Crippen LogP contribution in [0.2, 0.25) is 0 Å². The molecule has 2 N–H and O–H groups in total. The lowest BCUT2D eigenvalue weighted by atomic mass is 10.1. The van der Waals surface area contributed by atoms with Crippen molar-refractivity contribution in [2.45, 2.75) is 6.42 Å². The molecule has 1 heterocycles. The van der Waals surface area contributed by atoms with Gasteiger partial charge in [0.25, 0.3) is 0 Å². The molecule has 0 unspecified atom stereocenters. The summed E-state index contributed by atoms with van der Waals surface area (Å²) >= 11 is 0. The molecule has 1 aromatic heterocycles. The summed E-state index contributed by atoms with van der Waals surface area (Å²) in [5.74, 6) is 6.17. The summed E-state index contributed by atoms with van der Waals surface area (Å²) in [7, 11) is 1.90. The Bertz CT molecular complexity index is 632. The number of nitrogens with one attached hydrogen (secondary N) is 2. The Morgan fingerprint density at radius 2 is 2.24 bits per heavy atom. The Morgan fingerprint density at radius 3 is 3.06 bits per heavy atom.